The maximum atomic E-state index is 4.72. The van der Waals surface area contributed by atoms with Crippen LogP contribution in [-0.2, 0) is 7.05 Å². The standard InChI is InChI=1S/C12H13BrN2/c1-15-11-7-9(13)5-6-10(11)14-12(15)8-3-2-4-8/h5-8H,2-4H2,1H3. The van der Waals surface area contributed by atoms with Crippen LogP contribution in [0.5, 0.6) is 0 Å². The molecule has 2 aromatic rings. The summed E-state index contributed by atoms with van der Waals surface area (Å²) in [5.41, 5.74) is 2.34. The van der Waals surface area contributed by atoms with Crippen LogP contribution in [0.15, 0.2) is 22.7 Å². The zero-order chi connectivity index (χ0) is 10.4. The summed E-state index contributed by atoms with van der Waals surface area (Å²) in [6.45, 7) is 0. The lowest BCUT2D eigenvalue weighted by molar-refractivity contribution is 0.395. The van der Waals surface area contributed by atoms with Gasteiger partial charge in [0, 0.05) is 17.4 Å². The van der Waals surface area contributed by atoms with Gasteiger partial charge in [-0.3, -0.25) is 0 Å². The van der Waals surface area contributed by atoms with Gasteiger partial charge < -0.3 is 4.57 Å². The van der Waals surface area contributed by atoms with Crippen LogP contribution in [0.3, 0.4) is 0 Å². The molecule has 78 valence electrons. The molecule has 1 aromatic carbocycles. The molecular formula is C12H13BrN2. The minimum atomic E-state index is 0.696. The van der Waals surface area contributed by atoms with Crippen molar-refractivity contribution >= 4 is 27.0 Å². The summed E-state index contributed by atoms with van der Waals surface area (Å²) < 4.78 is 3.36. The van der Waals surface area contributed by atoms with E-state index in [1.54, 1.807) is 0 Å². The van der Waals surface area contributed by atoms with E-state index in [1.807, 2.05) is 0 Å². The molecule has 0 unspecified atom stereocenters. The normalized spacial score (nSPS) is 16.9. The Labute approximate surface area is 97.4 Å². The molecule has 0 N–H and O–H groups in total. The molecule has 0 bridgehead atoms. The minimum absolute atomic E-state index is 0.696. The summed E-state index contributed by atoms with van der Waals surface area (Å²) in [5, 5.41) is 0. The summed E-state index contributed by atoms with van der Waals surface area (Å²) in [6, 6.07) is 6.28. The molecule has 1 fully saturated rings. The van der Waals surface area contributed by atoms with Crippen LogP contribution in [0.4, 0.5) is 0 Å². The molecule has 0 saturated heterocycles. The van der Waals surface area contributed by atoms with E-state index in [9.17, 15) is 0 Å². The topological polar surface area (TPSA) is 17.8 Å². The van der Waals surface area contributed by atoms with Crippen molar-refractivity contribution in [1.82, 2.24) is 9.55 Å². The minimum Gasteiger partial charge on any atom is -0.331 e. The van der Waals surface area contributed by atoms with E-state index in [0.717, 1.165) is 9.99 Å². The Bertz CT molecular complexity index is 512. The highest BCUT2D eigenvalue weighted by molar-refractivity contribution is 9.10. The number of nitrogens with zero attached hydrogens (tertiary/aromatic N) is 2. The predicted molar refractivity (Wildman–Crippen MR) is 65.0 cm³/mol. The zero-order valence-corrected chi connectivity index (χ0v) is 10.3. The molecule has 2 nitrogen and oxygen atoms in total. The average Bonchev–Trinajstić information content (AvgIpc) is 2.43. The van der Waals surface area contributed by atoms with Crippen molar-refractivity contribution in [2.45, 2.75) is 25.2 Å². The van der Waals surface area contributed by atoms with E-state index in [-0.39, 0.29) is 0 Å². The Morgan fingerprint density at radius 2 is 2.20 bits per heavy atom. The van der Waals surface area contributed by atoms with Crippen LogP contribution in [0, 0.1) is 0 Å². The van der Waals surface area contributed by atoms with Crippen molar-refractivity contribution in [2.24, 2.45) is 7.05 Å². The molecule has 3 heteroatoms. The first kappa shape index (κ1) is 9.40. The number of imidazole rings is 1. The number of halogens is 1. The van der Waals surface area contributed by atoms with Crippen molar-refractivity contribution in [3.63, 3.8) is 0 Å². The van der Waals surface area contributed by atoms with Gasteiger partial charge in [0.05, 0.1) is 11.0 Å². The van der Waals surface area contributed by atoms with Gasteiger partial charge in [-0.1, -0.05) is 22.4 Å². The van der Waals surface area contributed by atoms with E-state index in [4.69, 9.17) is 4.98 Å². The Balaban J connectivity index is 2.19. The molecule has 0 aliphatic heterocycles. The van der Waals surface area contributed by atoms with Crippen LogP contribution in [0.1, 0.15) is 31.0 Å². The molecule has 0 atom stereocenters. The van der Waals surface area contributed by atoms with Gasteiger partial charge >= 0.3 is 0 Å². The van der Waals surface area contributed by atoms with Crippen molar-refractivity contribution in [1.29, 1.82) is 0 Å². The van der Waals surface area contributed by atoms with Gasteiger partial charge in [-0.05, 0) is 31.0 Å². The lowest BCUT2D eigenvalue weighted by Crippen LogP contribution is -2.13. The molecule has 3 rings (SSSR count). The second-order valence-electron chi connectivity index (χ2n) is 4.29. The number of rotatable bonds is 1. The summed E-state index contributed by atoms with van der Waals surface area (Å²) >= 11 is 3.50. The van der Waals surface area contributed by atoms with E-state index < -0.39 is 0 Å². The van der Waals surface area contributed by atoms with Gasteiger partial charge in [0.15, 0.2) is 0 Å². The first-order valence-electron chi connectivity index (χ1n) is 5.37. The van der Waals surface area contributed by atoms with Gasteiger partial charge in [0.1, 0.15) is 5.82 Å². The van der Waals surface area contributed by atoms with E-state index in [0.29, 0.717) is 5.92 Å². The van der Waals surface area contributed by atoms with E-state index in [1.165, 1.54) is 30.6 Å². The van der Waals surface area contributed by atoms with Crippen LogP contribution < -0.4 is 0 Å². The molecule has 1 saturated carbocycles. The quantitative estimate of drug-likeness (QED) is 0.770. The second-order valence-corrected chi connectivity index (χ2v) is 5.21. The summed E-state index contributed by atoms with van der Waals surface area (Å²) in [4.78, 5) is 4.72. The summed E-state index contributed by atoms with van der Waals surface area (Å²) in [7, 11) is 2.12. The Morgan fingerprint density at radius 3 is 2.87 bits per heavy atom. The van der Waals surface area contributed by atoms with E-state index >= 15 is 0 Å². The largest absolute Gasteiger partial charge is 0.331 e. The SMILES string of the molecule is Cn1c(C2CCC2)nc2ccc(Br)cc21. The number of benzene rings is 1. The molecule has 15 heavy (non-hydrogen) atoms. The number of aryl methyl sites for hydroxylation is 1. The number of aromatic nitrogens is 2. The number of fused-ring (bicyclic) bond motifs is 1. The van der Waals surface area contributed by atoms with E-state index in [2.05, 4.69) is 45.7 Å². The first-order valence-corrected chi connectivity index (χ1v) is 6.17. The van der Waals surface area contributed by atoms with Crippen molar-refractivity contribution in [2.75, 3.05) is 0 Å². The lowest BCUT2D eigenvalue weighted by Gasteiger charge is -2.24. The third-order valence-corrected chi connectivity index (χ3v) is 3.84. The Hall–Kier alpha value is -0.830. The Morgan fingerprint density at radius 1 is 1.40 bits per heavy atom. The van der Waals surface area contributed by atoms with Crippen molar-refractivity contribution in [3.8, 4) is 0 Å². The predicted octanol–water partition coefficient (Wildman–Crippen LogP) is 3.60. The third kappa shape index (κ3) is 1.41. The fourth-order valence-corrected chi connectivity index (χ4v) is 2.56. The highest BCUT2D eigenvalue weighted by Crippen LogP contribution is 2.36. The van der Waals surface area contributed by atoms with Crippen molar-refractivity contribution < 1.29 is 0 Å². The highest BCUT2D eigenvalue weighted by atomic mass is 79.9. The molecule has 1 aromatic heterocycles. The monoisotopic (exact) mass is 264 g/mol. The first-order chi connectivity index (χ1) is 7.25. The molecule has 1 heterocycles. The molecule has 1 aliphatic rings. The lowest BCUT2D eigenvalue weighted by atomic mass is 9.85. The van der Waals surface area contributed by atoms with Gasteiger partial charge in [-0.15, -0.1) is 0 Å². The van der Waals surface area contributed by atoms with Gasteiger partial charge in [-0.25, -0.2) is 4.98 Å². The smallest absolute Gasteiger partial charge is 0.112 e. The van der Waals surface area contributed by atoms with Gasteiger partial charge in [-0.2, -0.15) is 0 Å². The zero-order valence-electron chi connectivity index (χ0n) is 8.70. The molecule has 0 spiro atoms. The second kappa shape index (κ2) is 3.34. The number of hydrogen-bond donors (Lipinski definition) is 0. The highest BCUT2D eigenvalue weighted by Gasteiger charge is 2.24. The van der Waals surface area contributed by atoms with Crippen molar-refractivity contribution in [3.05, 3.63) is 28.5 Å². The van der Waals surface area contributed by atoms with Gasteiger partial charge in [0.2, 0.25) is 0 Å². The Kier molecular flexibility index (Phi) is 2.09. The maximum Gasteiger partial charge on any atom is 0.112 e. The van der Waals surface area contributed by atoms with Gasteiger partial charge in [0.25, 0.3) is 0 Å². The molecular weight excluding hydrogens is 252 g/mol. The summed E-state index contributed by atoms with van der Waals surface area (Å²) in [5.74, 6) is 1.95. The fourth-order valence-electron chi connectivity index (χ4n) is 2.21. The van der Waals surface area contributed by atoms with Crippen LogP contribution in [0.25, 0.3) is 11.0 Å². The fraction of sp³-hybridized carbons (Fsp3) is 0.417. The summed E-state index contributed by atoms with van der Waals surface area (Å²) in [6.07, 6.45) is 3.97. The van der Waals surface area contributed by atoms with Crippen LogP contribution >= 0.6 is 15.9 Å². The average molecular weight is 265 g/mol. The maximum absolute atomic E-state index is 4.72. The number of hydrogen-bond acceptors (Lipinski definition) is 1. The van der Waals surface area contributed by atoms with Crippen LogP contribution in [0.2, 0.25) is 0 Å². The van der Waals surface area contributed by atoms with Crippen LogP contribution in [-0.4, -0.2) is 9.55 Å². The third-order valence-electron chi connectivity index (χ3n) is 3.35. The molecule has 1 aliphatic carbocycles. The molecule has 0 amide bonds. The molecule has 0 radical (unpaired) electrons.